The highest BCUT2D eigenvalue weighted by Crippen LogP contribution is 2.22. The van der Waals surface area contributed by atoms with Crippen LogP contribution in [-0.2, 0) is 9.59 Å². The molecule has 2 rings (SSSR count). The molecule has 0 aromatic heterocycles. The number of allylic oxidation sites excluding steroid dienone is 1. The predicted octanol–water partition coefficient (Wildman–Crippen LogP) is 3.39. The molecule has 0 heterocycles. The Morgan fingerprint density at radius 1 is 0.630 bits per heavy atom. The molecule has 0 saturated carbocycles. The molecular weight excluding hydrogens is 348 g/mol. The van der Waals surface area contributed by atoms with Crippen LogP contribution in [0.5, 0.6) is 0 Å². The Hall–Kier alpha value is -3.54. The van der Waals surface area contributed by atoms with E-state index in [1.165, 1.54) is 0 Å². The highest BCUT2D eigenvalue weighted by molar-refractivity contribution is 6.03. The van der Waals surface area contributed by atoms with Crippen molar-refractivity contribution >= 4 is 23.5 Å². The van der Waals surface area contributed by atoms with Gasteiger partial charge in [-0.1, -0.05) is 60.7 Å². The van der Waals surface area contributed by atoms with Crippen LogP contribution in [0.2, 0.25) is 0 Å². The molecule has 0 unspecified atom stereocenters. The third-order valence-electron chi connectivity index (χ3n) is 3.95. The van der Waals surface area contributed by atoms with Crippen LogP contribution >= 0.6 is 0 Å². The van der Waals surface area contributed by atoms with Crippen molar-refractivity contribution in [2.24, 2.45) is 0 Å². The number of carboxylic acid groups (broad SMARTS) is 2. The Morgan fingerprint density at radius 3 is 1.37 bits per heavy atom. The molecule has 0 fully saturated rings. The van der Waals surface area contributed by atoms with Gasteiger partial charge in [-0.2, -0.15) is 0 Å². The average molecular weight is 366 g/mol. The van der Waals surface area contributed by atoms with Crippen molar-refractivity contribution in [3.63, 3.8) is 0 Å². The van der Waals surface area contributed by atoms with Crippen LogP contribution in [0.1, 0.15) is 40.0 Å². The summed E-state index contributed by atoms with van der Waals surface area (Å²) >= 11 is 0. The van der Waals surface area contributed by atoms with E-state index in [-0.39, 0.29) is 30.0 Å². The second-order valence-electron chi connectivity index (χ2n) is 5.89. The van der Waals surface area contributed by atoms with Gasteiger partial charge in [-0.15, -0.1) is 0 Å². The normalized spacial score (nSPS) is 10.1. The lowest BCUT2D eigenvalue weighted by Gasteiger charge is -2.11. The number of carboxylic acids is 2. The molecule has 0 bridgehead atoms. The van der Waals surface area contributed by atoms with Gasteiger partial charge in [0.15, 0.2) is 11.6 Å². The summed E-state index contributed by atoms with van der Waals surface area (Å²) in [4.78, 5) is 47.6. The largest absolute Gasteiger partial charge is 0.481 e. The molecule has 0 radical (unpaired) electrons. The zero-order valence-corrected chi connectivity index (χ0v) is 14.4. The van der Waals surface area contributed by atoms with Crippen molar-refractivity contribution in [3.8, 4) is 0 Å². The number of rotatable bonds is 9. The molecule has 0 aliphatic carbocycles. The second kappa shape index (κ2) is 9.24. The second-order valence-corrected chi connectivity index (χ2v) is 5.89. The number of carbonyl (C=O) groups is 4. The van der Waals surface area contributed by atoms with E-state index >= 15 is 0 Å². The number of hydrogen-bond acceptors (Lipinski definition) is 4. The Bertz CT molecular complexity index is 826. The summed E-state index contributed by atoms with van der Waals surface area (Å²) in [5.74, 6) is -3.55. The Balaban J connectivity index is 2.38. The van der Waals surface area contributed by atoms with Crippen LogP contribution in [0.15, 0.2) is 71.8 Å². The quantitative estimate of drug-likeness (QED) is 0.520. The predicted molar refractivity (Wildman–Crippen MR) is 97.7 cm³/mol. The molecule has 6 nitrogen and oxygen atoms in total. The third kappa shape index (κ3) is 5.74. The van der Waals surface area contributed by atoms with E-state index in [9.17, 15) is 24.3 Å². The van der Waals surface area contributed by atoms with Crippen molar-refractivity contribution in [1.82, 2.24) is 0 Å². The van der Waals surface area contributed by atoms with Gasteiger partial charge >= 0.3 is 11.9 Å². The topological polar surface area (TPSA) is 109 Å². The minimum Gasteiger partial charge on any atom is -0.481 e. The zero-order chi connectivity index (χ0) is 19.8. The number of hydrogen-bond donors (Lipinski definition) is 2. The monoisotopic (exact) mass is 366 g/mol. The first kappa shape index (κ1) is 19.8. The summed E-state index contributed by atoms with van der Waals surface area (Å²) in [5, 5.41) is 18.4. The van der Waals surface area contributed by atoms with Gasteiger partial charge in [0.05, 0.1) is 6.42 Å². The summed E-state index contributed by atoms with van der Waals surface area (Å²) in [6.07, 6.45) is -1.44. The van der Waals surface area contributed by atoms with Crippen LogP contribution in [-0.4, -0.2) is 33.7 Å². The number of ketones is 2. The summed E-state index contributed by atoms with van der Waals surface area (Å²) < 4.78 is 0. The van der Waals surface area contributed by atoms with Gasteiger partial charge in [-0.3, -0.25) is 14.4 Å². The first-order valence-electron chi connectivity index (χ1n) is 8.21. The summed E-state index contributed by atoms with van der Waals surface area (Å²) in [7, 11) is 0. The van der Waals surface area contributed by atoms with Gasteiger partial charge < -0.3 is 10.2 Å². The molecule has 6 heteroatoms. The van der Waals surface area contributed by atoms with E-state index in [2.05, 4.69) is 0 Å². The Kier molecular flexibility index (Phi) is 6.77. The lowest BCUT2D eigenvalue weighted by molar-refractivity contribution is -0.139. The van der Waals surface area contributed by atoms with Crippen molar-refractivity contribution in [3.05, 3.63) is 82.9 Å². The van der Waals surface area contributed by atoms with Gasteiger partial charge in [-0.25, -0.2) is 4.79 Å². The fourth-order valence-electron chi connectivity index (χ4n) is 2.62. The van der Waals surface area contributed by atoms with Crippen LogP contribution in [0.3, 0.4) is 0 Å². The van der Waals surface area contributed by atoms with E-state index in [4.69, 9.17) is 5.11 Å². The summed E-state index contributed by atoms with van der Waals surface area (Å²) in [5.41, 5.74) is 0.299. The van der Waals surface area contributed by atoms with Gasteiger partial charge in [0, 0.05) is 29.5 Å². The smallest absolute Gasteiger partial charge is 0.332 e. The van der Waals surface area contributed by atoms with E-state index in [0.717, 1.165) is 0 Å². The van der Waals surface area contributed by atoms with Crippen molar-refractivity contribution in [2.45, 2.75) is 19.3 Å². The summed E-state index contributed by atoms with van der Waals surface area (Å²) in [6.45, 7) is 0. The minimum atomic E-state index is -1.45. The number of benzene rings is 2. The van der Waals surface area contributed by atoms with E-state index in [1.54, 1.807) is 60.7 Å². The molecule has 0 aliphatic rings. The van der Waals surface area contributed by atoms with Gasteiger partial charge in [0.1, 0.15) is 0 Å². The molecule has 138 valence electrons. The maximum atomic E-state index is 12.5. The maximum absolute atomic E-state index is 12.5. The SMILES string of the molecule is O=C(O)CC(C(=O)O)=C(CC(=O)c1ccccc1)CC(=O)c1ccccc1. The molecule has 2 aromatic carbocycles. The third-order valence-corrected chi connectivity index (χ3v) is 3.95. The van der Waals surface area contributed by atoms with Crippen molar-refractivity contribution < 1.29 is 29.4 Å². The Labute approximate surface area is 155 Å². The van der Waals surface area contributed by atoms with E-state index < -0.39 is 23.9 Å². The fourth-order valence-corrected chi connectivity index (χ4v) is 2.62. The first-order valence-corrected chi connectivity index (χ1v) is 8.21. The minimum absolute atomic E-state index is 0.00704. The number of carbonyl (C=O) groups excluding carboxylic acids is 2. The molecule has 0 spiro atoms. The van der Waals surface area contributed by atoms with Crippen LogP contribution in [0.25, 0.3) is 0 Å². The van der Waals surface area contributed by atoms with Crippen LogP contribution in [0.4, 0.5) is 0 Å². The molecule has 0 atom stereocenters. The highest BCUT2D eigenvalue weighted by atomic mass is 16.4. The molecule has 0 saturated heterocycles. The standard InChI is InChI=1S/C21H18O6/c22-18(14-7-3-1-4-8-14)11-16(17(21(26)27)13-20(24)25)12-19(23)15-9-5-2-6-10-15/h1-10H,11-13H2,(H,24,25)(H,26,27). The van der Waals surface area contributed by atoms with E-state index in [1.807, 2.05) is 0 Å². The average Bonchev–Trinajstić information content (AvgIpc) is 2.66. The number of Topliss-reactive ketones (excluding diaryl/α,β-unsaturated/α-hetero) is 2. The zero-order valence-electron chi connectivity index (χ0n) is 14.4. The lowest BCUT2D eigenvalue weighted by atomic mass is 9.91. The van der Waals surface area contributed by atoms with Crippen LogP contribution in [0, 0.1) is 0 Å². The Morgan fingerprint density at radius 2 is 1.04 bits per heavy atom. The number of aliphatic carboxylic acids is 2. The van der Waals surface area contributed by atoms with Gasteiger partial charge in [-0.05, 0) is 5.57 Å². The summed E-state index contributed by atoms with van der Waals surface area (Å²) in [6, 6.07) is 16.5. The molecule has 2 N–H and O–H groups in total. The maximum Gasteiger partial charge on any atom is 0.332 e. The molecule has 0 amide bonds. The highest BCUT2D eigenvalue weighted by Gasteiger charge is 2.22. The van der Waals surface area contributed by atoms with Crippen LogP contribution < -0.4 is 0 Å². The molecule has 0 aliphatic heterocycles. The van der Waals surface area contributed by atoms with Crippen molar-refractivity contribution in [2.75, 3.05) is 0 Å². The molecule has 27 heavy (non-hydrogen) atoms. The fraction of sp³-hybridized carbons (Fsp3) is 0.143. The lowest BCUT2D eigenvalue weighted by Crippen LogP contribution is -2.15. The van der Waals surface area contributed by atoms with Gasteiger partial charge in [0.2, 0.25) is 0 Å². The molecule has 2 aromatic rings. The molecular formula is C21H18O6. The first-order chi connectivity index (χ1) is 12.9. The van der Waals surface area contributed by atoms with E-state index in [0.29, 0.717) is 11.1 Å². The van der Waals surface area contributed by atoms with Crippen molar-refractivity contribution in [1.29, 1.82) is 0 Å². The van der Waals surface area contributed by atoms with Gasteiger partial charge in [0.25, 0.3) is 0 Å².